The van der Waals surface area contributed by atoms with E-state index in [-0.39, 0.29) is 5.41 Å². The first-order valence-corrected chi connectivity index (χ1v) is 7.80. The second-order valence-corrected chi connectivity index (χ2v) is 6.39. The molecule has 2 nitrogen and oxygen atoms in total. The largest absolute Gasteiger partial charge is 0.508 e. The minimum atomic E-state index is 0.0365. The molecule has 2 aliphatic rings. The van der Waals surface area contributed by atoms with Crippen LogP contribution in [0.4, 0.5) is 0 Å². The molecule has 0 atom stereocenters. The minimum Gasteiger partial charge on any atom is -0.508 e. The normalized spacial score (nSPS) is 21.9. The highest BCUT2D eigenvalue weighted by Crippen LogP contribution is 2.44. The number of aryl methyl sites for hydroxylation is 2. The predicted molar refractivity (Wildman–Crippen MR) is 78.6 cm³/mol. The van der Waals surface area contributed by atoms with Crippen LogP contribution in [0.2, 0.25) is 0 Å². The average Bonchev–Trinajstić information content (AvgIpc) is 2.47. The molecular weight excluding hydrogens is 234 g/mol. The topological polar surface area (TPSA) is 46.2 Å². The van der Waals surface area contributed by atoms with E-state index in [2.05, 4.69) is 6.07 Å². The van der Waals surface area contributed by atoms with Gasteiger partial charge in [0.25, 0.3) is 0 Å². The van der Waals surface area contributed by atoms with Crippen LogP contribution in [0, 0.1) is 0 Å². The number of phenols is 1. The summed E-state index contributed by atoms with van der Waals surface area (Å²) in [6, 6.07) is 4.30. The lowest BCUT2D eigenvalue weighted by atomic mass is 9.68. The van der Waals surface area contributed by atoms with E-state index in [1.807, 2.05) is 6.07 Å². The predicted octanol–water partition coefficient (Wildman–Crippen LogP) is 3.43. The molecule has 0 radical (unpaired) electrons. The molecule has 0 saturated heterocycles. The summed E-state index contributed by atoms with van der Waals surface area (Å²) in [7, 11) is 0. The summed E-state index contributed by atoms with van der Waals surface area (Å²) in [5.41, 5.74) is 10.1. The maximum atomic E-state index is 10.5. The third-order valence-electron chi connectivity index (χ3n) is 5.23. The van der Waals surface area contributed by atoms with Crippen LogP contribution in [0.15, 0.2) is 12.1 Å². The van der Waals surface area contributed by atoms with Crippen LogP contribution in [-0.4, -0.2) is 11.7 Å². The van der Waals surface area contributed by atoms with Crippen molar-refractivity contribution in [1.29, 1.82) is 0 Å². The number of nitrogens with two attached hydrogens (primary N) is 1. The van der Waals surface area contributed by atoms with Crippen LogP contribution in [0.3, 0.4) is 0 Å². The van der Waals surface area contributed by atoms with Crippen LogP contribution in [-0.2, 0) is 18.3 Å². The molecule has 1 fully saturated rings. The van der Waals surface area contributed by atoms with Gasteiger partial charge in [-0.15, -0.1) is 0 Å². The second kappa shape index (κ2) is 5.16. The van der Waals surface area contributed by atoms with Gasteiger partial charge in [-0.1, -0.05) is 25.3 Å². The van der Waals surface area contributed by atoms with Crippen LogP contribution >= 0.6 is 0 Å². The van der Waals surface area contributed by atoms with Crippen molar-refractivity contribution in [2.24, 2.45) is 5.73 Å². The summed E-state index contributed by atoms with van der Waals surface area (Å²) < 4.78 is 0. The lowest BCUT2D eigenvalue weighted by molar-refractivity contribution is 0.290. The summed E-state index contributed by atoms with van der Waals surface area (Å²) in [4.78, 5) is 0. The van der Waals surface area contributed by atoms with E-state index in [0.717, 1.165) is 24.8 Å². The van der Waals surface area contributed by atoms with E-state index in [1.165, 1.54) is 49.7 Å². The highest BCUT2D eigenvalue weighted by atomic mass is 16.3. The number of rotatable bonds is 2. The van der Waals surface area contributed by atoms with Gasteiger partial charge >= 0.3 is 0 Å². The molecule has 0 heterocycles. The van der Waals surface area contributed by atoms with E-state index >= 15 is 0 Å². The van der Waals surface area contributed by atoms with Gasteiger partial charge in [-0.25, -0.2) is 0 Å². The van der Waals surface area contributed by atoms with Crippen LogP contribution in [0.25, 0.3) is 0 Å². The zero-order valence-electron chi connectivity index (χ0n) is 11.8. The number of hydrogen-bond donors (Lipinski definition) is 2. The van der Waals surface area contributed by atoms with Crippen molar-refractivity contribution in [3.8, 4) is 5.75 Å². The zero-order valence-corrected chi connectivity index (χ0v) is 11.8. The van der Waals surface area contributed by atoms with E-state index in [0.29, 0.717) is 12.3 Å². The van der Waals surface area contributed by atoms with Crippen molar-refractivity contribution >= 4 is 0 Å². The SMILES string of the molecule is NCC1(c2cc3c(cc2O)CCCC3)CCCCC1. The lowest BCUT2D eigenvalue weighted by Crippen LogP contribution is -2.37. The van der Waals surface area contributed by atoms with Gasteiger partial charge in [0.2, 0.25) is 0 Å². The number of phenolic OH excluding ortho intramolecular Hbond substituents is 1. The smallest absolute Gasteiger partial charge is 0.119 e. The molecule has 2 heteroatoms. The van der Waals surface area contributed by atoms with Gasteiger partial charge < -0.3 is 10.8 Å². The summed E-state index contributed by atoms with van der Waals surface area (Å²) in [6.45, 7) is 0.666. The Balaban J connectivity index is 2.03. The summed E-state index contributed by atoms with van der Waals surface area (Å²) in [5.74, 6) is 0.494. The Morgan fingerprint density at radius 2 is 1.58 bits per heavy atom. The Labute approximate surface area is 116 Å². The zero-order chi connectivity index (χ0) is 13.3. The van der Waals surface area contributed by atoms with E-state index in [4.69, 9.17) is 5.73 Å². The molecule has 19 heavy (non-hydrogen) atoms. The van der Waals surface area contributed by atoms with Crippen LogP contribution < -0.4 is 5.73 Å². The third kappa shape index (κ3) is 2.27. The van der Waals surface area contributed by atoms with Gasteiger partial charge in [0.1, 0.15) is 5.75 Å². The average molecular weight is 259 g/mol. The Kier molecular flexibility index (Phi) is 3.53. The fourth-order valence-corrected chi connectivity index (χ4v) is 4.01. The van der Waals surface area contributed by atoms with Gasteiger partial charge in [-0.2, -0.15) is 0 Å². The molecule has 1 saturated carbocycles. The minimum absolute atomic E-state index is 0.0365. The van der Waals surface area contributed by atoms with E-state index < -0.39 is 0 Å². The fraction of sp³-hybridized carbons (Fsp3) is 0.647. The second-order valence-electron chi connectivity index (χ2n) is 6.39. The van der Waals surface area contributed by atoms with Crippen molar-refractivity contribution in [1.82, 2.24) is 0 Å². The molecule has 0 aliphatic heterocycles. The maximum Gasteiger partial charge on any atom is 0.119 e. The van der Waals surface area contributed by atoms with Crippen LogP contribution in [0.5, 0.6) is 5.75 Å². The third-order valence-corrected chi connectivity index (χ3v) is 5.23. The Hall–Kier alpha value is -1.02. The van der Waals surface area contributed by atoms with Crippen molar-refractivity contribution in [2.45, 2.75) is 63.2 Å². The number of fused-ring (bicyclic) bond motifs is 1. The molecule has 104 valence electrons. The summed E-state index contributed by atoms with van der Waals surface area (Å²) in [5, 5.41) is 10.5. The molecule has 0 aromatic heterocycles. The number of aromatic hydroxyl groups is 1. The van der Waals surface area contributed by atoms with E-state index in [9.17, 15) is 5.11 Å². The van der Waals surface area contributed by atoms with Gasteiger partial charge in [0.15, 0.2) is 0 Å². The standard InChI is InChI=1S/C17H25NO/c18-12-17(8-4-1-5-9-17)15-10-13-6-2-3-7-14(13)11-16(15)19/h10-11,19H,1-9,12,18H2. The highest BCUT2D eigenvalue weighted by molar-refractivity contribution is 5.47. The van der Waals surface area contributed by atoms with Crippen LogP contribution in [0.1, 0.15) is 61.6 Å². The molecule has 1 aromatic carbocycles. The summed E-state index contributed by atoms with van der Waals surface area (Å²) >= 11 is 0. The molecule has 3 rings (SSSR count). The molecule has 0 unspecified atom stereocenters. The van der Waals surface area contributed by atoms with Gasteiger partial charge in [-0.3, -0.25) is 0 Å². The Morgan fingerprint density at radius 1 is 0.947 bits per heavy atom. The molecular formula is C17H25NO. The molecule has 2 aliphatic carbocycles. The monoisotopic (exact) mass is 259 g/mol. The lowest BCUT2D eigenvalue weighted by Gasteiger charge is -2.38. The molecule has 3 N–H and O–H groups in total. The molecule has 0 amide bonds. The molecule has 0 bridgehead atoms. The molecule has 1 aromatic rings. The number of benzene rings is 1. The quantitative estimate of drug-likeness (QED) is 0.854. The van der Waals surface area contributed by atoms with Crippen molar-refractivity contribution in [3.63, 3.8) is 0 Å². The molecule has 0 spiro atoms. The van der Waals surface area contributed by atoms with Crippen molar-refractivity contribution in [2.75, 3.05) is 6.54 Å². The first-order valence-electron chi connectivity index (χ1n) is 7.80. The van der Waals surface area contributed by atoms with Gasteiger partial charge in [0.05, 0.1) is 0 Å². The van der Waals surface area contributed by atoms with Crippen molar-refractivity contribution in [3.05, 3.63) is 28.8 Å². The fourth-order valence-electron chi connectivity index (χ4n) is 4.01. The Morgan fingerprint density at radius 3 is 2.21 bits per heavy atom. The van der Waals surface area contributed by atoms with Gasteiger partial charge in [0, 0.05) is 17.5 Å². The van der Waals surface area contributed by atoms with Gasteiger partial charge in [-0.05, 0) is 55.7 Å². The highest BCUT2D eigenvalue weighted by Gasteiger charge is 2.35. The first kappa shape index (κ1) is 13.0. The van der Waals surface area contributed by atoms with Crippen molar-refractivity contribution < 1.29 is 5.11 Å². The van der Waals surface area contributed by atoms with E-state index in [1.54, 1.807) is 0 Å². The number of hydrogen-bond acceptors (Lipinski definition) is 2. The first-order chi connectivity index (χ1) is 9.25. The summed E-state index contributed by atoms with van der Waals surface area (Å²) in [6.07, 6.45) is 10.9. The Bertz CT molecular complexity index is 461. The maximum absolute atomic E-state index is 10.5.